The number of nitro groups is 1. The monoisotopic (exact) mass is 309 g/mol. The molecule has 1 aromatic carbocycles. The predicted octanol–water partition coefficient (Wildman–Crippen LogP) is 2.28. The second kappa shape index (κ2) is 3.99. The first-order valence-corrected chi connectivity index (χ1v) is 6.70. The second-order valence-electron chi connectivity index (χ2n) is 2.67. The Bertz CT molecular complexity index is 402. The van der Waals surface area contributed by atoms with Gasteiger partial charge in [-0.1, -0.05) is 0 Å². The van der Waals surface area contributed by atoms with Crippen molar-refractivity contribution in [1.29, 1.82) is 0 Å². The van der Waals surface area contributed by atoms with Gasteiger partial charge in [0.25, 0.3) is 0 Å². The third-order valence-corrected chi connectivity index (χ3v) is 4.67. The molecule has 16 heavy (non-hydrogen) atoms. The second-order valence-corrected chi connectivity index (χ2v) is 6.59. The van der Waals surface area contributed by atoms with E-state index in [2.05, 4.69) is 0 Å². The van der Waals surface area contributed by atoms with Gasteiger partial charge >= 0.3 is 88.6 Å². The summed E-state index contributed by atoms with van der Waals surface area (Å²) in [5.74, 6) is 0. The predicted molar refractivity (Wildman–Crippen MR) is 46.8 cm³/mol. The molecule has 0 aliphatic rings. The fourth-order valence-corrected chi connectivity index (χ4v) is 2.44. The van der Waals surface area contributed by atoms with Crippen LogP contribution in [0.25, 0.3) is 0 Å². The quantitative estimate of drug-likeness (QED) is 0.364. The van der Waals surface area contributed by atoms with Gasteiger partial charge in [-0.2, -0.15) is 0 Å². The summed E-state index contributed by atoms with van der Waals surface area (Å²) in [6, 6.07) is 2.16. The molecule has 0 radical (unpaired) electrons. The standard InChI is InChI=1S/C7H4F5NO2Se/c8-7(9,10)16(11,12)6-3-1-5(2-4-6)13(14)15/h1-4H. The topological polar surface area (TPSA) is 43.1 Å². The van der Waals surface area contributed by atoms with E-state index in [4.69, 9.17) is 0 Å². The molecule has 0 N–H and O–H groups in total. The van der Waals surface area contributed by atoms with Crippen molar-refractivity contribution in [2.24, 2.45) is 0 Å². The number of benzene rings is 1. The summed E-state index contributed by atoms with van der Waals surface area (Å²) >= 11 is -6.75. The number of rotatable bonds is 2. The minimum absolute atomic E-state index is 0.450. The van der Waals surface area contributed by atoms with Crippen LogP contribution >= 0.6 is 0 Å². The number of nitrogens with zero attached hydrogens (tertiary/aromatic N) is 1. The van der Waals surface area contributed by atoms with E-state index in [1.807, 2.05) is 0 Å². The van der Waals surface area contributed by atoms with Crippen LogP contribution in [0.3, 0.4) is 0 Å². The molecular formula is C7H4F5NO2Se. The van der Waals surface area contributed by atoms with E-state index in [1.165, 1.54) is 0 Å². The molecule has 0 spiro atoms. The molecule has 0 bridgehead atoms. The van der Waals surface area contributed by atoms with Crippen LogP contribution in [-0.4, -0.2) is 23.8 Å². The van der Waals surface area contributed by atoms with Gasteiger partial charge in [-0.25, -0.2) is 0 Å². The van der Waals surface area contributed by atoms with E-state index in [0.717, 1.165) is 0 Å². The maximum atomic E-state index is 12.9. The van der Waals surface area contributed by atoms with Crippen LogP contribution in [-0.2, 0) is 0 Å². The Morgan fingerprint density at radius 2 is 1.56 bits per heavy atom. The molecule has 1 rings (SSSR count). The third kappa shape index (κ3) is 2.30. The van der Waals surface area contributed by atoms with Gasteiger partial charge in [0.2, 0.25) is 0 Å². The number of hydrogen-bond donors (Lipinski definition) is 0. The average molecular weight is 308 g/mol. The zero-order chi connectivity index (χ0) is 12.6. The van der Waals surface area contributed by atoms with Crippen LogP contribution in [0.2, 0.25) is 0 Å². The maximum absolute atomic E-state index is 12.9. The molecule has 0 aliphatic carbocycles. The fraction of sp³-hybridized carbons (Fsp3) is 0.143. The molecule has 1 aromatic rings. The van der Waals surface area contributed by atoms with Crippen LogP contribution in [0, 0.1) is 10.1 Å². The zero-order valence-corrected chi connectivity index (χ0v) is 9.08. The summed E-state index contributed by atoms with van der Waals surface area (Å²) in [4.78, 5) is 9.29. The summed E-state index contributed by atoms with van der Waals surface area (Å²) in [5, 5.41) is 4.60. The Labute approximate surface area is 89.2 Å². The molecule has 0 heterocycles. The summed E-state index contributed by atoms with van der Waals surface area (Å²) in [6.45, 7) is 0. The van der Waals surface area contributed by atoms with Crippen LogP contribution in [0.1, 0.15) is 0 Å². The van der Waals surface area contributed by atoms with E-state index in [0.29, 0.717) is 24.3 Å². The van der Waals surface area contributed by atoms with Crippen molar-refractivity contribution in [2.45, 2.75) is 5.07 Å². The van der Waals surface area contributed by atoms with Crippen molar-refractivity contribution in [2.75, 3.05) is 0 Å². The first-order valence-electron chi connectivity index (χ1n) is 3.69. The van der Waals surface area contributed by atoms with E-state index >= 15 is 0 Å². The van der Waals surface area contributed by atoms with Gasteiger partial charge in [-0.15, -0.1) is 0 Å². The molecule has 90 valence electrons. The van der Waals surface area contributed by atoms with Gasteiger partial charge in [0, 0.05) is 0 Å². The zero-order valence-electron chi connectivity index (χ0n) is 7.37. The van der Waals surface area contributed by atoms with Crippen LogP contribution in [0.4, 0.5) is 26.0 Å². The van der Waals surface area contributed by atoms with Crippen molar-refractivity contribution in [1.82, 2.24) is 0 Å². The molecule has 3 nitrogen and oxygen atoms in total. The first-order chi connectivity index (χ1) is 7.16. The van der Waals surface area contributed by atoms with Gasteiger partial charge in [0.1, 0.15) is 0 Å². The summed E-state index contributed by atoms with van der Waals surface area (Å²) in [5.41, 5.74) is -0.529. The summed E-state index contributed by atoms with van der Waals surface area (Å²) in [7, 11) is 0. The van der Waals surface area contributed by atoms with Crippen LogP contribution in [0.15, 0.2) is 24.3 Å². The Morgan fingerprint density at radius 3 is 1.88 bits per heavy atom. The Morgan fingerprint density at radius 1 is 1.12 bits per heavy atom. The van der Waals surface area contributed by atoms with Crippen LogP contribution < -0.4 is 4.46 Å². The fourth-order valence-electron chi connectivity index (χ4n) is 0.872. The van der Waals surface area contributed by atoms with Gasteiger partial charge in [0.15, 0.2) is 0 Å². The van der Waals surface area contributed by atoms with Crippen molar-refractivity contribution < 1.29 is 25.2 Å². The van der Waals surface area contributed by atoms with Gasteiger partial charge < -0.3 is 0 Å². The Hall–Kier alpha value is -1.21. The normalized spacial score (nSPS) is 13.6. The minimum atomic E-state index is -6.75. The molecule has 0 fully saturated rings. The van der Waals surface area contributed by atoms with Crippen LogP contribution in [0.5, 0.6) is 0 Å². The van der Waals surface area contributed by atoms with Crippen molar-refractivity contribution >= 4 is 23.9 Å². The van der Waals surface area contributed by atoms with Gasteiger partial charge in [0.05, 0.1) is 0 Å². The van der Waals surface area contributed by atoms with E-state index < -0.39 is 33.9 Å². The summed E-state index contributed by atoms with van der Waals surface area (Å²) < 4.78 is 60.4. The molecule has 0 aromatic heterocycles. The van der Waals surface area contributed by atoms with E-state index in [-0.39, 0.29) is 0 Å². The number of halogens is 5. The van der Waals surface area contributed by atoms with E-state index in [9.17, 15) is 30.4 Å². The third-order valence-electron chi connectivity index (χ3n) is 1.63. The molecular weight excluding hydrogens is 304 g/mol. The van der Waals surface area contributed by atoms with Crippen molar-refractivity contribution in [3.63, 3.8) is 0 Å². The molecule has 0 saturated heterocycles. The molecule has 9 heteroatoms. The number of alkyl halides is 3. The summed E-state index contributed by atoms with van der Waals surface area (Å²) in [6.07, 6.45) is 0. The molecule has 0 saturated carbocycles. The van der Waals surface area contributed by atoms with Gasteiger partial charge in [-0.3, -0.25) is 0 Å². The Balaban J connectivity index is 3.11. The Kier molecular flexibility index (Phi) is 3.20. The van der Waals surface area contributed by atoms with Crippen molar-refractivity contribution in [3.05, 3.63) is 34.4 Å². The number of hydrogen-bond acceptors (Lipinski definition) is 2. The SMILES string of the molecule is O=[N+]([O-])c1ccc([Se](F)(F)C(F)(F)F)cc1. The number of nitro benzene ring substituents is 1. The average Bonchev–Trinajstić information content (AvgIpc) is 2.16. The molecule has 0 unspecified atom stereocenters. The molecule has 0 amide bonds. The van der Waals surface area contributed by atoms with Crippen molar-refractivity contribution in [3.8, 4) is 0 Å². The number of non-ortho nitro benzene ring substituents is 1. The first kappa shape index (κ1) is 12.9. The molecule has 0 aliphatic heterocycles. The molecule has 0 atom stereocenters. The van der Waals surface area contributed by atoms with Gasteiger partial charge in [-0.05, 0) is 0 Å². The van der Waals surface area contributed by atoms with E-state index in [1.54, 1.807) is 0 Å².